The van der Waals surface area contributed by atoms with E-state index in [0.717, 1.165) is 24.4 Å². The third kappa shape index (κ3) is 4.13. The molecular formula is C21H24N4O3. The highest BCUT2D eigenvalue weighted by Crippen LogP contribution is 2.23. The Balaban J connectivity index is 1.19. The van der Waals surface area contributed by atoms with Crippen LogP contribution in [-0.4, -0.2) is 40.7 Å². The van der Waals surface area contributed by atoms with Crippen molar-refractivity contribution in [2.24, 2.45) is 10.9 Å². The molecule has 0 aliphatic carbocycles. The highest BCUT2D eigenvalue weighted by atomic mass is 16.5. The zero-order valence-corrected chi connectivity index (χ0v) is 15.8. The number of anilines is 1. The molecule has 146 valence electrons. The van der Waals surface area contributed by atoms with Gasteiger partial charge in [0.25, 0.3) is 0 Å². The molecule has 1 saturated heterocycles. The summed E-state index contributed by atoms with van der Waals surface area (Å²) in [4.78, 5) is 31.3. The minimum Gasteiger partial charge on any atom is -0.364 e. The third-order valence-electron chi connectivity index (χ3n) is 5.45. The maximum Gasteiger partial charge on any atom is 0.222 e. The first-order chi connectivity index (χ1) is 13.7. The van der Waals surface area contributed by atoms with Crippen molar-refractivity contribution in [1.29, 1.82) is 0 Å². The predicted molar refractivity (Wildman–Crippen MR) is 105 cm³/mol. The summed E-state index contributed by atoms with van der Waals surface area (Å²) >= 11 is 0. The van der Waals surface area contributed by atoms with Crippen LogP contribution >= 0.6 is 0 Å². The lowest BCUT2D eigenvalue weighted by Crippen LogP contribution is -2.40. The number of amides is 1. The molecule has 2 aromatic rings. The van der Waals surface area contributed by atoms with Crippen LogP contribution in [0.3, 0.4) is 0 Å². The maximum atomic E-state index is 12.5. The summed E-state index contributed by atoms with van der Waals surface area (Å²) in [6.07, 6.45) is 4.82. The van der Waals surface area contributed by atoms with Crippen molar-refractivity contribution in [3.8, 4) is 0 Å². The van der Waals surface area contributed by atoms with Crippen LogP contribution in [0.4, 0.5) is 5.69 Å². The Labute approximate surface area is 163 Å². The average Bonchev–Trinajstić information content (AvgIpc) is 3.28. The number of aliphatic imine (C=N–C) groups is 1. The Hall–Kier alpha value is -2.96. The maximum absolute atomic E-state index is 12.5. The molecule has 1 aromatic heterocycles. The molecule has 1 aromatic carbocycles. The van der Waals surface area contributed by atoms with E-state index in [0.29, 0.717) is 44.6 Å². The third-order valence-corrected chi connectivity index (χ3v) is 5.45. The Morgan fingerprint density at radius 1 is 1.18 bits per heavy atom. The standard InChI is InChI=1S/C21H24N4O3/c26-20(7-3-6-19-22-14-16-4-1-2-5-17(16)23-19)25-11-8-15(9-12-25)21(27)18-10-13-28-24-18/h1-2,4-5,10,13,15H,3,6-9,11-12,14H2,(H,22,23). The number of Topliss-reactive ketones (excluding diaryl/α,β-unsaturated/α-hetero) is 1. The van der Waals surface area contributed by atoms with Gasteiger partial charge in [-0.05, 0) is 30.9 Å². The van der Waals surface area contributed by atoms with Crippen LogP contribution in [0.25, 0.3) is 0 Å². The molecule has 2 aliphatic heterocycles. The van der Waals surface area contributed by atoms with Crippen molar-refractivity contribution in [2.75, 3.05) is 18.4 Å². The lowest BCUT2D eigenvalue weighted by molar-refractivity contribution is -0.132. The van der Waals surface area contributed by atoms with Gasteiger partial charge in [0, 0.05) is 43.6 Å². The largest absolute Gasteiger partial charge is 0.364 e. The fourth-order valence-corrected chi connectivity index (χ4v) is 3.80. The summed E-state index contributed by atoms with van der Waals surface area (Å²) in [7, 11) is 0. The summed E-state index contributed by atoms with van der Waals surface area (Å²) in [5.74, 6) is 1.05. The molecule has 0 atom stereocenters. The smallest absolute Gasteiger partial charge is 0.222 e. The summed E-state index contributed by atoms with van der Waals surface area (Å²) in [6, 6.07) is 9.75. The van der Waals surface area contributed by atoms with E-state index in [1.807, 2.05) is 17.0 Å². The molecule has 4 rings (SSSR count). The van der Waals surface area contributed by atoms with E-state index in [2.05, 4.69) is 27.6 Å². The second kappa shape index (κ2) is 8.37. The van der Waals surface area contributed by atoms with Crippen molar-refractivity contribution in [1.82, 2.24) is 10.1 Å². The molecule has 28 heavy (non-hydrogen) atoms. The number of carbonyl (C=O) groups is 2. The first-order valence-corrected chi connectivity index (χ1v) is 9.81. The van der Waals surface area contributed by atoms with Crippen LogP contribution in [0.5, 0.6) is 0 Å². The first-order valence-electron chi connectivity index (χ1n) is 9.81. The number of fused-ring (bicyclic) bond motifs is 1. The van der Waals surface area contributed by atoms with Gasteiger partial charge in [-0.1, -0.05) is 23.4 Å². The van der Waals surface area contributed by atoms with Crippen LogP contribution in [0, 0.1) is 5.92 Å². The number of nitrogens with zero attached hydrogens (tertiary/aromatic N) is 3. The van der Waals surface area contributed by atoms with Gasteiger partial charge in [-0.3, -0.25) is 14.6 Å². The fraction of sp³-hybridized carbons (Fsp3) is 0.429. The number of hydrogen-bond donors (Lipinski definition) is 1. The number of piperidine rings is 1. The molecule has 0 radical (unpaired) electrons. The summed E-state index contributed by atoms with van der Waals surface area (Å²) < 4.78 is 4.75. The molecule has 1 amide bonds. The number of carbonyl (C=O) groups excluding carboxylic acids is 2. The number of amidine groups is 1. The van der Waals surface area contributed by atoms with Gasteiger partial charge in [-0.25, -0.2) is 0 Å². The molecule has 0 unspecified atom stereocenters. The fourth-order valence-electron chi connectivity index (χ4n) is 3.80. The normalized spacial score (nSPS) is 16.9. The molecule has 0 bridgehead atoms. The minimum absolute atomic E-state index is 0.0162. The highest BCUT2D eigenvalue weighted by Gasteiger charge is 2.29. The Bertz CT molecular complexity index is 868. The zero-order chi connectivity index (χ0) is 19.3. The SMILES string of the molecule is O=C(c1ccon1)C1CCN(C(=O)CCCC2=NCc3ccccc3N2)CC1. The van der Waals surface area contributed by atoms with Gasteiger partial charge >= 0.3 is 0 Å². The van der Waals surface area contributed by atoms with Crippen LogP contribution < -0.4 is 5.32 Å². The van der Waals surface area contributed by atoms with E-state index < -0.39 is 0 Å². The van der Waals surface area contributed by atoms with Crippen molar-refractivity contribution >= 4 is 23.2 Å². The highest BCUT2D eigenvalue weighted by molar-refractivity contribution is 5.97. The Morgan fingerprint density at radius 3 is 2.79 bits per heavy atom. The van der Waals surface area contributed by atoms with Crippen molar-refractivity contribution < 1.29 is 14.1 Å². The van der Waals surface area contributed by atoms with Crippen molar-refractivity contribution in [2.45, 2.75) is 38.6 Å². The van der Waals surface area contributed by atoms with Crippen molar-refractivity contribution in [3.63, 3.8) is 0 Å². The van der Waals surface area contributed by atoms with Crippen LogP contribution in [-0.2, 0) is 11.3 Å². The summed E-state index contributed by atoms with van der Waals surface area (Å²) in [5, 5.41) is 7.08. The van der Waals surface area contributed by atoms with Gasteiger partial charge < -0.3 is 14.7 Å². The van der Waals surface area contributed by atoms with Gasteiger partial charge in [-0.2, -0.15) is 0 Å². The Morgan fingerprint density at radius 2 is 2.00 bits per heavy atom. The van der Waals surface area contributed by atoms with Crippen LogP contribution in [0.1, 0.15) is 48.2 Å². The van der Waals surface area contributed by atoms with Crippen molar-refractivity contribution in [3.05, 3.63) is 47.9 Å². The monoisotopic (exact) mass is 380 g/mol. The minimum atomic E-state index is -0.0741. The number of hydrogen-bond acceptors (Lipinski definition) is 6. The molecule has 0 spiro atoms. The van der Waals surface area contributed by atoms with Crippen LogP contribution in [0.2, 0.25) is 0 Å². The van der Waals surface area contributed by atoms with Gasteiger partial charge in [0.1, 0.15) is 17.8 Å². The summed E-state index contributed by atoms with van der Waals surface area (Å²) in [6.45, 7) is 1.94. The van der Waals surface area contributed by atoms with Crippen LogP contribution in [0.15, 0.2) is 46.1 Å². The average molecular weight is 380 g/mol. The first kappa shape index (κ1) is 18.4. The predicted octanol–water partition coefficient (Wildman–Crippen LogP) is 3.29. The molecule has 1 N–H and O–H groups in total. The second-order valence-corrected chi connectivity index (χ2v) is 7.30. The lowest BCUT2D eigenvalue weighted by atomic mass is 9.91. The van der Waals surface area contributed by atoms with Gasteiger partial charge in [-0.15, -0.1) is 0 Å². The quantitative estimate of drug-likeness (QED) is 0.777. The number of para-hydroxylation sites is 1. The van der Waals surface area contributed by atoms with E-state index in [9.17, 15) is 9.59 Å². The van der Waals surface area contributed by atoms with E-state index in [4.69, 9.17) is 4.52 Å². The molecular weight excluding hydrogens is 356 g/mol. The molecule has 0 saturated carbocycles. The Kier molecular flexibility index (Phi) is 5.50. The number of benzene rings is 1. The van der Waals surface area contributed by atoms with E-state index in [-0.39, 0.29) is 17.6 Å². The molecule has 7 nitrogen and oxygen atoms in total. The number of rotatable bonds is 6. The number of ketones is 1. The zero-order valence-electron chi connectivity index (χ0n) is 15.8. The number of nitrogens with one attached hydrogen (secondary N) is 1. The van der Waals surface area contributed by atoms with Gasteiger partial charge in [0.2, 0.25) is 5.91 Å². The topological polar surface area (TPSA) is 87.8 Å². The van der Waals surface area contributed by atoms with E-state index in [1.165, 1.54) is 11.8 Å². The molecule has 1 fully saturated rings. The van der Waals surface area contributed by atoms with Gasteiger partial charge in [0.15, 0.2) is 5.78 Å². The summed E-state index contributed by atoms with van der Waals surface area (Å²) in [5.41, 5.74) is 2.69. The number of likely N-dealkylation sites (tertiary alicyclic amines) is 1. The van der Waals surface area contributed by atoms with E-state index in [1.54, 1.807) is 6.07 Å². The lowest BCUT2D eigenvalue weighted by Gasteiger charge is -2.31. The molecule has 7 heteroatoms. The number of aromatic nitrogens is 1. The molecule has 2 aliphatic rings. The van der Waals surface area contributed by atoms with Gasteiger partial charge in [0.05, 0.1) is 6.54 Å². The second-order valence-electron chi connectivity index (χ2n) is 7.30. The van der Waals surface area contributed by atoms with E-state index >= 15 is 0 Å². The molecule has 3 heterocycles.